The molecule has 1 heterocycles. The van der Waals surface area contributed by atoms with Crippen LogP contribution in [0.4, 0.5) is 0 Å². The van der Waals surface area contributed by atoms with Crippen LogP contribution in [0.15, 0.2) is 36.4 Å². The number of nitrogens with zero attached hydrogens (tertiary/aromatic N) is 1. The van der Waals surface area contributed by atoms with Gasteiger partial charge in [0.05, 0.1) is 26.7 Å². The van der Waals surface area contributed by atoms with Gasteiger partial charge in [-0.15, -0.1) is 0 Å². The average Bonchev–Trinajstić information content (AvgIpc) is 3.01. The molecule has 6 heteroatoms. The summed E-state index contributed by atoms with van der Waals surface area (Å²) < 4.78 is 9.37. The minimum atomic E-state index is -0.650. The van der Waals surface area contributed by atoms with Crippen molar-refractivity contribution in [2.75, 3.05) is 20.8 Å². The number of esters is 2. The van der Waals surface area contributed by atoms with Crippen LogP contribution in [0.1, 0.15) is 18.4 Å². The van der Waals surface area contributed by atoms with E-state index in [9.17, 15) is 9.59 Å². The molecule has 0 saturated carbocycles. The Hall–Kier alpha value is -2.18. The van der Waals surface area contributed by atoms with Crippen LogP contribution in [0.5, 0.6) is 0 Å². The molecule has 0 aromatic heterocycles. The molecule has 1 fully saturated rings. The molecule has 0 spiro atoms. The smallest absolute Gasteiger partial charge is 0.337 e. The van der Waals surface area contributed by atoms with Gasteiger partial charge in [0.15, 0.2) is 6.10 Å². The molecular weight excluding hydrogens is 298 g/mol. The van der Waals surface area contributed by atoms with Gasteiger partial charge in [0, 0.05) is 13.0 Å². The first-order valence-corrected chi connectivity index (χ1v) is 7.45. The summed E-state index contributed by atoms with van der Waals surface area (Å²) in [6.07, 6.45) is 3.97. The van der Waals surface area contributed by atoms with E-state index in [-0.39, 0.29) is 18.4 Å². The summed E-state index contributed by atoms with van der Waals surface area (Å²) in [4.78, 5) is 28.6. The lowest BCUT2D eigenvalue weighted by molar-refractivity contribution is -0.186. The number of carbonyl (C=O) groups is 2. The lowest BCUT2D eigenvalue weighted by atomic mass is 10.1. The van der Waals surface area contributed by atoms with Crippen LogP contribution in [-0.2, 0) is 23.9 Å². The Morgan fingerprint density at radius 1 is 1.26 bits per heavy atom. The fourth-order valence-electron chi connectivity index (χ4n) is 2.38. The van der Waals surface area contributed by atoms with Crippen molar-refractivity contribution < 1.29 is 23.9 Å². The van der Waals surface area contributed by atoms with Crippen molar-refractivity contribution >= 4 is 18.0 Å². The normalized spacial score (nSPS) is 21.5. The van der Waals surface area contributed by atoms with Gasteiger partial charge in [-0.25, -0.2) is 4.79 Å². The number of ether oxygens (including phenoxy) is 2. The number of hydroxylamine groups is 2. The Morgan fingerprint density at radius 2 is 2.00 bits per heavy atom. The fourth-order valence-corrected chi connectivity index (χ4v) is 2.38. The number of rotatable bonds is 6. The maximum atomic E-state index is 11.7. The number of methoxy groups -OCH3 is 2. The van der Waals surface area contributed by atoms with Gasteiger partial charge >= 0.3 is 11.9 Å². The molecule has 0 bridgehead atoms. The molecule has 0 aliphatic carbocycles. The van der Waals surface area contributed by atoms with Crippen molar-refractivity contribution in [1.82, 2.24) is 5.06 Å². The second-order valence-corrected chi connectivity index (χ2v) is 5.16. The molecule has 0 N–H and O–H groups in total. The van der Waals surface area contributed by atoms with Crippen LogP contribution in [-0.4, -0.2) is 49.9 Å². The van der Waals surface area contributed by atoms with Crippen molar-refractivity contribution in [3.8, 4) is 0 Å². The van der Waals surface area contributed by atoms with E-state index in [4.69, 9.17) is 9.57 Å². The first kappa shape index (κ1) is 17.2. The summed E-state index contributed by atoms with van der Waals surface area (Å²) in [5, 5.41) is 1.64. The van der Waals surface area contributed by atoms with E-state index in [0.717, 1.165) is 5.56 Å². The number of hydrogen-bond donors (Lipinski definition) is 0. The molecule has 0 radical (unpaired) electrons. The predicted molar refractivity (Wildman–Crippen MR) is 84.1 cm³/mol. The maximum absolute atomic E-state index is 11.7. The predicted octanol–water partition coefficient (Wildman–Crippen LogP) is 1.81. The highest BCUT2D eigenvalue weighted by molar-refractivity contribution is 5.75. The van der Waals surface area contributed by atoms with Gasteiger partial charge in [0.2, 0.25) is 0 Å². The largest absolute Gasteiger partial charge is 0.469 e. The Kier molecular flexibility index (Phi) is 6.31. The highest BCUT2D eigenvalue weighted by Gasteiger charge is 2.37. The van der Waals surface area contributed by atoms with Gasteiger partial charge in [-0.05, 0) is 5.56 Å². The molecule has 1 aliphatic heterocycles. The number of hydrogen-bond acceptors (Lipinski definition) is 6. The summed E-state index contributed by atoms with van der Waals surface area (Å²) >= 11 is 0. The van der Waals surface area contributed by atoms with Gasteiger partial charge in [0.25, 0.3) is 0 Å². The molecule has 124 valence electrons. The standard InChI is InChI=1S/C17H21NO5/c1-21-16(19)10-11-18-14(12-15(23-18)17(20)22-2)9-8-13-6-4-3-5-7-13/h3-9,14-15H,10-12H2,1-2H3/b9-8+/t14-,15+/m0/s1. The van der Waals surface area contributed by atoms with Gasteiger partial charge in [-0.1, -0.05) is 42.5 Å². The van der Waals surface area contributed by atoms with Gasteiger partial charge < -0.3 is 9.47 Å². The topological polar surface area (TPSA) is 65.1 Å². The minimum Gasteiger partial charge on any atom is -0.469 e. The van der Waals surface area contributed by atoms with Gasteiger partial charge in [-0.3, -0.25) is 9.63 Å². The van der Waals surface area contributed by atoms with Crippen LogP contribution in [0.3, 0.4) is 0 Å². The van der Waals surface area contributed by atoms with Crippen molar-refractivity contribution in [2.24, 2.45) is 0 Å². The summed E-state index contributed by atoms with van der Waals surface area (Å²) in [6, 6.07) is 9.73. The van der Waals surface area contributed by atoms with Crippen molar-refractivity contribution in [3.05, 3.63) is 42.0 Å². The van der Waals surface area contributed by atoms with E-state index in [1.165, 1.54) is 14.2 Å². The van der Waals surface area contributed by atoms with Crippen molar-refractivity contribution in [1.29, 1.82) is 0 Å². The maximum Gasteiger partial charge on any atom is 0.337 e. The van der Waals surface area contributed by atoms with Crippen LogP contribution >= 0.6 is 0 Å². The summed E-state index contributed by atoms with van der Waals surface area (Å²) in [6.45, 7) is 0.351. The Bertz CT molecular complexity index is 557. The van der Waals surface area contributed by atoms with Crippen LogP contribution in [0.25, 0.3) is 6.08 Å². The zero-order valence-corrected chi connectivity index (χ0v) is 13.3. The third-order valence-corrected chi connectivity index (χ3v) is 3.63. The van der Waals surface area contributed by atoms with E-state index < -0.39 is 12.1 Å². The molecule has 0 amide bonds. The van der Waals surface area contributed by atoms with E-state index >= 15 is 0 Å². The highest BCUT2D eigenvalue weighted by Crippen LogP contribution is 2.24. The Balaban J connectivity index is 2.04. The van der Waals surface area contributed by atoms with E-state index in [2.05, 4.69) is 4.74 Å². The van der Waals surface area contributed by atoms with Crippen LogP contribution in [0, 0.1) is 0 Å². The van der Waals surface area contributed by atoms with Gasteiger partial charge in [0.1, 0.15) is 0 Å². The number of carbonyl (C=O) groups excluding carboxylic acids is 2. The second-order valence-electron chi connectivity index (χ2n) is 5.16. The Labute approximate surface area is 135 Å². The second kappa shape index (κ2) is 8.45. The SMILES string of the molecule is COC(=O)CCN1O[C@@H](C(=O)OC)C[C@@H]1/C=C/c1ccccc1. The lowest BCUT2D eigenvalue weighted by Crippen LogP contribution is -2.30. The quantitative estimate of drug-likeness (QED) is 0.745. The first-order chi connectivity index (χ1) is 11.1. The molecule has 1 aliphatic rings. The molecule has 1 aromatic carbocycles. The summed E-state index contributed by atoms with van der Waals surface area (Å²) in [7, 11) is 2.68. The van der Waals surface area contributed by atoms with E-state index in [1.54, 1.807) is 5.06 Å². The highest BCUT2D eigenvalue weighted by atomic mass is 16.7. The van der Waals surface area contributed by atoms with Gasteiger partial charge in [-0.2, -0.15) is 5.06 Å². The monoisotopic (exact) mass is 319 g/mol. The summed E-state index contributed by atoms with van der Waals surface area (Å²) in [5.74, 6) is -0.732. The lowest BCUT2D eigenvalue weighted by Gasteiger charge is -2.19. The first-order valence-electron chi connectivity index (χ1n) is 7.45. The molecular formula is C17H21NO5. The number of benzene rings is 1. The van der Waals surface area contributed by atoms with Crippen molar-refractivity contribution in [2.45, 2.75) is 25.0 Å². The van der Waals surface area contributed by atoms with Crippen molar-refractivity contribution in [3.63, 3.8) is 0 Å². The molecule has 0 unspecified atom stereocenters. The zero-order chi connectivity index (χ0) is 16.7. The summed E-state index contributed by atoms with van der Waals surface area (Å²) in [5.41, 5.74) is 1.06. The molecule has 1 aromatic rings. The molecule has 6 nitrogen and oxygen atoms in total. The molecule has 1 saturated heterocycles. The van der Waals surface area contributed by atoms with Crippen LogP contribution < -0.4 is 0 Å². The minimum absolute atomic E-state index is 0.107. The third-order valence-electron chi connectivity index (χ3n) is 3.63. The zero-order valence-electron chi connectivity index (χ0n) is 13.3. The van der Waals surface area contributed by atoms with Crippen LogP contribution in [0.2, 0.25) is 0 Å². The molecule has 2 atom stereocenters. The third kappa shape index (κ3) is 4.91. The molecule has 23 heavy (non-hydrogen) atoms. The Morgan fingerprint density at radius 3 is 2.65 bits per heavy atom. The fraction of sp³-hybridized carbons (Fsp3) is 0.412. The average molecular weight is 319 g/mol. The van der Waals surface area contributed by atoms with E-state index in [1.807, 2.05) is 42.5 Å². The van der Waals surface area contributed by atoms with E-state index in [0.29, 0.717) is 13.0 Å². The molecule has 2 rings (SSSR count).